The van der Waals surface area contributed by atoms with Gasteiger partial charge in [0.25, 0.3) is 0 Å². The molecule has 2 N–H and O–H groups in total. The van der Waals surface area contributed by atoms with Crippen molar-refractivity contribution in [1.82, 2.24) is 5.32 Å². The zero-order chi connectivity index (χ0) is 20.7. The summed E-state index contributed by atoms with van der Waals surface area (Å²) in [5.74, 6) is 1.38. The summed E-state index contributed by atoms with van der Waals surface area (Å²) in [6.07, 6.45) is 2.66. The molecule has 2 aromatic rings. The second-order valence-corrected chi connectivity index (χ2v) is 8.42. The van der Waals surface area contributed by atoms with Gasteiger partial charge in [0.1, 0.15) is 17.1 Å². The third-order valence-corrected chi connectivity index (χ3v) is 5.22. The maximum atomic E-state index is 12.3. The van der Waals surface area contributed by atoms with Crippen LogP contribution < -0.4 is 15.4 Å². The second kappa shape index (κ2) is 9.99. The van der Waals surface area contributed by atoms with Crippen LogP contribution >= 0.6 is 11.6 Å². The van der Waals surface area contributed by atoms with Gasteiger partial charge in [0.05, 0.1) is 5.92 Å². The Balaban J connectivity index is 1.43. The van der Waals surface area contributed by atoms with E-state index in [1.165, 1.54) is 0 Å². The van der Waals surface area contributed by atoms with Crippen LogP contribution in [0.3, 0.4) is 0 Å². The van der Waals surface area contributed by atoms with Crippen molar-refractivity contribution in [3.05, 3.63) is 53.6 Å². The van der Waals surface area contributed by atoms with E-state index in [-0.39, 0.29) is 11.9 Å². The zero-order valence-corrected chi connectivity index (χ0v) is 17.8. The molecular weight excluding hydrogens is 388 g/mol. The number of carbonyl (C=O) groups is 1. The van der Waals surface area contributed by atoms with Crippen LogP contribution in [0.15, 0.2) is 48.5 Å². The summed E-state index contributed by atoms with van der Waals surface area (Å²) < 4.78 is 11.6. The number of carbonyl (C=O) groups excluding carboxylic acids is 1. The van der Waals surface area contributed by atoms with E-state index in [9.17, 15) is 4.79 Å². The smallest absolute Gasteiger partial charge is 0.310 e. The molecular formula is C23H29ClN2O3. The van der Waals surface area contributed by atoms with Crippen molar-refractivity contribution in [3.8, 4) is 11.5 Å². The van der Waals surface area contributed by atoms with Crippen LogP contribution in [-0.4, -0.2) is 31.2 Å². The Morgan fingerprint density at radius 3 is 2.41 bits per heavy atom. The number of anilines is 1. The number of ether oxygens (including phenoxy) is 2. The van der Waals surface area contributed by atoms with E-state index in [0.29, 0.717) is 11.6 Å². The van der Waals surface area contributed by atoms with E-state index in [1.54, 1.807) is 12.1 Å². The van der Waals surface area contributed by atoms with Crippen molar-refractivity contribution in [2.75, 3.05) is 25.0 Å². The molecule has 1 atom stereocenters. The van der Waals surface area contributed by atoms with Crippen LogP contribution in [0, 0.1) is 5.92 Å². The second-order valence-electron chi connectivity index (χ2n) is 7.98. The number of esters is 1. The maximum absolute atomic E-state index is 12.3. The minimum atomic E-state index is -0.501. The van der Waals surface area contributed by atoms with Gasteiger partial charge in [-0.3, -0.25) is 4.79 Å². The number of nitrogens with one attached hydrogen (secondary N) is 2. The molecule has 1 aliphatic heterocycles. The molecule has 156 valence electrons. The van der Waals surface area contributed by atoms with Gasteiger partial charge in [0, 0.05) is 30.2 Å². The molecule has 1 heterocycles. The van der Waals surface area contributed by atoms with E-state index in [1.807, 2.05) is 50.2 Å². The lowest BCUT2D eigenvalue weighted by molar-refractivity contribution is -0.162. The number of piperidine rings is 1. The maximum Gasteiger partial charge on any atom is 0.310 e. The molecule has 5 nitrogen and oxygen atoms in total. The highest BCUT2D eigenvalue weighted by Gasteiger charge is 2.28. The molecule has 2 aromatic carbocycles. The Bertz CT molecular complexity index is 785. The Morgan fingerprint density at radius 1 is 1.14 bits per heavy atom. The van der Waals surface area contributed by atoms with Gasteiger partial charge in [-0.05, 0) is 81.8 Å². The van der Waals surface area contributed by atoms with Crippen LogP contribution in [0.4, 0.5) is 5.69 Å². The Kier molecular flexibility index (Phi) is 7.40. The topological polar surface area (TPSA) is 59.6 Å². The zero-order valence-electron chi connectivity index (χ0n) is 17.0. The summed E-state index contributed by atoms with van der Waals surface area (Å²) >= 11 is 5.89. The molecule has 0 spiro atoms. The lowest BCUT2D eigenvalue weighted by atomic mass is 9.99. The van der Waals surface area contributed by atoms with Gasteiger partial charge < -0.3 is 20.1 Å². The largest absolute Gasteiger partial charge is 0.459 e. The summed E-state index contributed by atoms with van der Waals surface area (Å²) in [6, 6.07) is 15.0. The normalized spacial score (nSPS) is 16.9. The number of rotatable bonds is 8. The van der Waals surface area contributed by atoms with Gasteiger partial charge in [-0.1, -0.05) is 11.6 Å². The van der Waals surface area contributed by atoms with Crippen molar-refractivity contribution in [2.45, 2.75) is 38.7 Å². The van der Waals surface area contributed by atoms with Crippen LogP contribution in [0.25, 0.3) is 0 Å². The minimum absolute atomic E-state index is 0.0239. The predicted octanol–water partition coefficient (Wildman–Crippen LogP) is 5.26. The number of hydrogen-bond acceptors (Lipinski definition) is 5. The van der Waals surface area contributed by atoms with Crippen molar-refractivity contribution >= 4 is 23.3 Å². The van der Waals surface area contributed by atoms with Crippen LogP contribution in [0.2, 0.25) is 5.02 Å². The first-order valence-electron chi connectivity index (χ1n) is 10.1. The third kappa shape index (κ3) is 6.94. The fraction of sp³-hybridized carbons (Fsp3) is 0.435. The van der Waals surface area contributed by atoms with Gasteiger partial charge in [-0.15, -0.1) is 0 Å². The molecule has 1 unspecified atom stereocenters. The highest BCUT2D eigenvalue weighted by molar-refractivity contribution is 6.30. The Labute approximate surface area is 177 Å². The van der Waals surface area contributed by atoms with Crippen LogP contribution in [0.1, 0.15) is 33.1 Å². The average molecular weight is 417 g/mol. The van der Waals surface area contributed by atoms with E-state index < -0.39 is 5.60 Å². The molecule has 1 aliphatic rings. The van der Waals surface area contributed by atoms with E-state index in [4.69, 9.17) is 21.1 Å². The fourth-order valence-corrected chi connectivity index (χ4v) is 3.37. The number of hydrogen-bond donors (Lipinski definition) is 2. The van der Waals surface area contributed by atoms with Gasteiger partial charge >= 0.3 is 5.97 Å². The van der Waals surface area contributed by atoms with Crippen LogP contribution in [0.5, 0.6) is 11.5 Å². The molecule has 1 fully saturated rings. The van der Waals surface area contributed by atoms with Gasteiger partial charge in [-0.25, -0.2) is 0 Å². The van der Waals surface area contributed by atoms with Gasteiger partial charge in [0.15, 0.2) is 0 Å². The lowest BCUT2D eigenvalue weighted by Crippen LogP contribution is -2.39. The van der Waals surface area contributed by atoms with Crippen molar-refractivity contribution in [2.24, 2.45) is 5.92 Å². The summed E-state index contributed by atoms with van der Waals surface area (Å²) in [6.45, 7) is 6.34. The molecule has 0 saturated carbocycles. The molecule has 0 radical (unpaired) electrons. The molecule has 0 aromatic heterocycles. The summed E-state index contributed by atoms with van der Waals surface area (Å²) in [4.78, 5) is 12.3. The highest BCUT2D eigenvalue weighted by atomic mass is 35.5. The SMILES string of the molecule is CC(C)(CCNc1ccc(Oc2ccc(Cl)cc2)cc1)OC(=O)C1CCCNC1. The first-order valence-corrected chi connectivity index (χ1v) is 10.5. The van der Waals surface area contributed by atoms with Crippen molar-refractivity contribution in [3.63, 3.8) is 0 Å². The third-order valence-electron chi connectivity index (χ3n) is 4.97. The standard InChI is InChI=1S/C23H29ClN2O3/c1-23(2,29-22(27)17-4-3-14-25-16-17)13-15-26-19-7-11-21(12-8-19)28-20-9-5-18(24)6-10-20/h5-12,17,25-26H,3-4,13-16H2,1-2H3. The highest BCUT2D eigenvalue weighted by Crippen LogP contribution is 2.25. The van der Waals surface area contributed by atoms with E-state index in [0.717, 1.165) is 49.5 Å². The molecule has 1 saturated heterocycles. The molecule has 3 rings (SSSR count). The van der Waals surface area contributed by atoms with Crippen molar-refractivity contribution < 1.29 is 14.3 Å². The Morgan fingerprint density at radius 2 is 1.79 bits per heavy atom. The number of halogens is 1. The van der Waals surface area contributed by atoms with Crippen molar-refractivity contribution in [1.29, 1.82) is 0 Å². The fourth-order valence-electron chi connectivity index (χ4n) is 3.25. The monoisotopic (exact) mass is 416 g/mol. The van der Waals surface area contributed by atoms with E-state index >= 15 is 0 Å². The summed E-state index contributed by atoms with van der Waals surface area (Å²) in [7, 11) is 0. The first-order chi connectivity index (χ1) is 13.9. The van der Waals surface area contributed by atoms with Gasteiger partial charge in [-0.2, -0.15) is 0 Å². The minimum Gasteiger partial charge on any atom is -0.459 e. The molecule has 0 bridgehead atoms. The summed E-state index contributed by atoms with van der Waals surface area (Å²) in [5.41, 5.74) is 0.492. The lowest BCUT2D eigenvalue weighted by Gasteiger charge is -2.29. The Hall–Kier alpha value is -2.24. The number of benzene rings is 2. The quantitative estimate of drug-likeness (QED) is 0.575. The van der Waals surface area contributed by atoms with Crippen LogP contribution in [-0.2, 0) is 9.53 Å². The average Bonchev–Trinajstić information content (AvgIpc) is 2.71. The molecule has 0 amide bonds. The molecule has 0 aliphatic carbocycles. The predicted molar refractivity (Wildman–Crippen MR) is 117 cm³/mol. The first kappa shape index (κ1) is 21.5. The molecule has 6 heteroatoms. The molecule has 29 heavy (non-hydrogen) atoms. The van der Waals surface area contributed by atoms with Gasteiger partial charge in [0.2, 0.25) is 0 Å². The summed E-state index contributed by atoms with van der Waals surface area (Å²) in [5, 5.41) is 7.32. The van der Waals surface area contributed by atoms with E-state index in [2.05, 4.69) is 10.6 Å².